The summed E-state index contributed by atoms with van der Waals surface area (Å²) in [5.74, 6) is 0.577. The van der Waals surface area contributed by atoms with Gasteiger partial charge < -0.3 is 32.1 Å². The summed E-state index contributed by atoms with van der Waals surface area (Å²) >= 11 is 0. The van der Waals surface area contributed by atoms with Gasteiger partial charge in [-0.2, -0.15) is 0 Å². The van der Waals surface area contributed by atoms with Gasteiger partial charge in [0.2, 0.25) is 11.6 Å². The molecule has 378 valence electrons. The second kappa shape index (κ2) is 22.5. The Hall–Kier alpha value is -6.12. The maximum atomic E-state index is 14.2. The van der Waals surface area contributed by atoms with Crippen LogP contribution in [0.1, 0.15) is 128 Å². The Morgan fingerprint density at radius 1 is 0.704 bits per heavy atom. The van der Waals surface area contributed by atoms with Crippen molar-refractivity contribution in [3.8, 4) is 0 Å². The Kier molecular flexibility index (Phi) is 17.7. The number of Topliss-reactive ketones (excluding diaryl/α,β-unsaturated/α-hetero) is 2. The number of oxime groups is 2. The summed E-state index contributed by atoms with van der Waals surface area (Å²) < 4.78 is 5.60. The normalized spacial score (nSPS) is 19.0. The Morgan fingerprint density at radius 2 is 1.17 bits per heavy atom. The van der Waals surface area contributed by atoms with Gasteiger partial charge in [0, 0.05) is 75.3 Å². The van der Waals surface area contributed by atoms with Crippen molar-refractivity contribution in [3.63, 3.8) is 0 Å². The minimum absolute atomic E-state index is 0. The number of aryl methyl sites for hydroxylation is 4. The van der Waals surface area contributed by atoms with Crippen LogP contribution >= 0.6 is 0 Å². The second-order valence-electron chi connectivity index (χ2n) is 20.2. The summed E-state index contributed by atoms with van der Waals surface area (Å²) in [4.78, 5) is 90.9. The van der Waals surface area contributed by atoms with E-state index in [2.05, 4.69) is 25.6 Å². The number of aromatic nitrogens is 2. The van der Waals surface area contributed by atoms with Crippen molar-refractivity contribution in [1.29, 1.82) is 0 Å². The number of ether oxygens (including phenoxy) is 1. The van der Waals surface area contributed by atoms with Gasteiger partial charge in [0.15, 0.2) is 22.6 Å². The van der Waals surface area contributed by atoms with Crippen molar-refractivity contribution in [2.45, 2.75) is 131 Å². The van der Waals surface area contributed by atoms with Crippen molar-refractivity contribution in [1.82, 2.24) is 20.2 Å². The van der Waals surface area contributed by atoms with Crippen LogP contribution in [-0.2, 0) is 45.1 Å². The first-order chi connectivity index (χ1) is 32.6. The molecular weight excluding hydrogens is 1070 g/mol. The topological polar surface area (TPSA) is 185 Å². The van der Waals surface area contributed by atoms with Crippen LogP contribution < -0.4 is 15.1 Å². The van der Waals surface area contributed by atoms with E-state index < -0.39 is 16.8 Å². The number of nitrogens with zero attached hydrogens (tertiary/aromatic N) is 7. The molecule has 71 heavy (non-hydrogen) atoms. The van der Waals surface area contributed by atoms with Crippen LogP contribution in [0.2, 0.25) is 0 Å². The fraction of sp³-hybridized carbons (Fsp3) is 0.444. The molecule has 0 saturated carbocycles. The third-order valence-electron chi connectivity index (χ3n) is 12.6. The van der Waals surface area contributed by atoms with Crippen LogP contribution in [0.4, 0.5) is 16.4 Å². The number of nitrogens with one attached hydrogen (secondary N) is 1. The predicted molar refractivity (Wildman–Crippen MR) is 270 cm³/mol. The Bertz CT molecular complexity index is 2720. The fourth-order valence-electron chi connectivity index (χ4n) is 8.83. The molecule has 8 rings (SSSR count). The number of carbonyl (C=O) groups is 5. The molecule has 16 nitrogen and oxygen atoms in total. The molecule has 2 fully saturated rings. The first-order valence-corrected chi connectivity index (χ1v) is 23.6. The van der Waals surface area contributed by atoms with Gasteiger partial charge in [-0.1, -0.05) is 34.6 Å². The van der Waals surface area contributed by atoms with Gasteiger partial charge in [-0.05, 0) is 167 Å². The standard InChI is InChI=1S/C29H36N4O5.C24H28N4O3.CH3.W/c1-18-10-8-14-30-25(18)33(21-11-9-15-32(17-21)27(36)37-28(3,4)5)26(35)22-13-12-20(16-19(22)2)23-24(34)29(6,7)38-31-23;1-15-7-5-12-26-22(15)28(18-8-6-11-25-14-18)23(30)19-10-9-17(13-16(19)2)20-21(29)24(3,4)31-27-20;;/h8,10,12-14,16,21H,9,11,15,17H2,1-7H3;5,7,9-10,12-13,18,25H,6,8,11,14H2,1-4H3;1H3;/q;;-1;/t21-;18-;;/m11../s1. The molecule has 17 heteroatoms. The molecule has 2 atom stereocenters. The van der Waals surface area contributed by atoms with Crippen molar-refractivity contribution >= 4 is 52.5 Å². The number of anilines is 2. The first-order valence-electron chi connectivity index (χ1n) is 23.6. The van der Waals surface area contributed by atoms with Crippen molar-refractivity contribution in [2.75, 3.05) is 36.0 Å². The van der Waals surface area contributed by atoms with E-state index in [-0.39, 0.29) is 75.8 Å². The van der Waals surface area contributed by atoms with E-state index in [1.165, 1.54) is 0 Å². The molecule has 3 amide bonds. The van der Waals surface area contributed by atoms with E-state index in [9.17, 15) is 24.0 Å². The number of carbonyl (C=O) groups excluding carboxylic acids is 5. The largest absolute Gasteiger partial charge is 0.444 e. The number of amides is 3. The molecule has 2 saturated heterocycles. The summed E-state index contributed by atoms with van der Waals surface area (Å²) in [5.41, 5.74) is 3.59. The fourth-order valence-corrected chi connectivity index (χ4v) is 8.83. The van der Waals surface area contributed by atoms with Gasteiger partial charge in [-0.15, -0.1) is 0 Å². The molecule has 4 aliphatic heterocycles. The molecular formula is C54H67N8O8W-. The molecule has 1 N–H and O–H groups in total. The van der Waals surface area contributed by atoms with E-state index >= 15 is 0 Å². The van der Waals surface area contributed by atoms with Crippen molar-refractivity contribution < 1.29 is 59.4 Å². The van der Waals surface area contributed by atoms with Crippen LogP contribution in [0.25, 0.3) is 0 Å². The quantitative estimate of drug-likeness (QED) is 0.167. The van der Waals surface area contributed by atoms with Crippen LogP contribution in [0.15, 0.2) is 83.4 Å². The number of hydrogen-bond acceptors (Lipinski definition) is 13. The predicted octanol–water partition coefficient (Wildman–Crippen LogP) is 8.45. The van der Waals surface area contributed by atoms with E-state index in [1.54, 1.807) is 80.2 Å². The zero-order valence-electron chi connectivity index (χ0n) is 43.0. The summed E-state index contributed by atoms with van der Waals surface area (Å²) in [5, 5.41) is 11.4. The summed E-state index contributed by atoms with van der Waals surface area (Å²) in [7, 11) is 0. The third-order valence-corrected chi connectivity index (χ3v) is 12.6. The van der Waals surface area contributed by atoms with Crippen molar-refractivity contribution in [2.24, 2.45) is 10.3 Å². The molecule has 6 heterocycles. The van der Waals surface area contributed by atoms with Crippen molar-refractivity contribution in [3.05, 3.63) is 125 Å². The smallest absolute Gasteiger partial charge is 0.410 e. The second-order valence-corrected chi connectivity index (χ2v) is 20.2. The average molecular weight is 1140 g/mol. The monoisotopic (exact) mass is 1140 g/mol. The average Bonchev–Trinajstić information content (AvgIpc) is 3.74. The number of piperidine rings is 2. The maximum absolute atomic E-state index is 14.2. The minimum Gasteiger partial charge on any atom is -0.444 e. The molecule has 4 aliphatic rings. The van der Waals surface area contributed by atoms with E-state index in [0.717, 1.165) is 55.5 Å². The molecule has 4 aromatic rings. The third kappa shape index (κ3) is 12.3. The molecule has 2 aromatic carbocycles. The zero-order chi connectivity index (χ0) is 50.0. The van der Waals surface area contributed by atoms with Gasteiger partial charge in [0.25, 0.3) is 11.8 Å². The van der Waals surface area contributed by atoms with E-state index in [1.807, 2.05) is 83.7 Å². The molecule has 2 aromatic heterocycles. The van der Waals surface area contributed by atoms with E-state index in [4.69, 9.17) is 14.4 Å². The Morgan fingerprint density at radius 3 is 1.56 bits per heavy atom. The van der Waals surface area contributed by atoms with Gasteiger partial charge in [-0.3, -0.25) is 29.0 Å². The SMILES string of the molecule is Cc1cc(C2=NOC(C)(C)C2=O)ccc1C(=O)N(c1ncccc1C)[C@@H]1CCCN(C(=O)OC(C)(C)C)C1.Cc1cc(C2=NOC(C)(C)C2=O)ccc1C(=O)N(c1ncccc1C)[C@@H]1CCCNC1.[CH3-].[W]. The van der Waals surface area contributed by atoms with Gasteiger partial charge in [0.1, 0.15) is 17.2 Å². The molecule has 0 aliphatic carbocycles. The van der Waals surface area contributed by atoms with E-state index in [0.29, 0.717) is 58.3 Å². The Balaban J connectivity index is 0.000000262. The number of rotatable bonds is 8. The number of ketones is 2. The summed E-state index contributed by atoms with van der Waals surface area (Å²) in [6.07, 6.45) is 6.38. The van der Waals surface area contributed by atoms with Crippen LogP contribution in [0, 0.1) is 35.1 Å². The first kappa shape index (κ1) is 55.8. The summed E-state index contributed by atoms with van der Waals surface area (Å²) in [6.45, 7) is 22.5. The van der Waals surface area contributed by atoms with Gasteiger partial charge in [0.05, 0.1) is 12.1 Å². The van der Waals surface area contributed by atoms with Crippen LogP contribution in [0.5, 0.6) is 0 Å². The zero-order valence-corrected chi connectivity index (χ0v) is 46.0. The Labute approximate surface area is 432 Å². The summed E-state index contributed by atoms with van der Waals surface area (Å²) in [6, 6.07) is 17.9. The maximum Gasteiger partial charge on any atom is 0.410 e. The molecule has 0 radical (unpaired) electrons. The van der Waals surface area contributed by atoms with Crippen LogP contribution in [0.3, 0.4) is 0 Å². The minimum atomic E-state index is -1.01. The molecule has 0 spiro atoms. The number of pyridine rings is 2. The number of likely N-dealkylation sites (tertiary alicyclic amines) is 1. The number of benzene rings is 2. The van der Waals surface area contributed by atoms with Gasteiger partial charge >= 0.3 is 6.09 Å². The van der Waals surface area contributed by atoms with Gasteiger partial charge in [-0.25, -0.2) is 14.8 Å². The molecule has 0 unspecified atom stereocenters. The molecule has 0 bridgehead atoms. The van der Waals surface area contributed by atoms with Crippen LogP contribution in [-0.4, -0.2) is 111 Å². The number of hydrogen-bond donors (Lipinski definition) is 1.